The molecule has 0 saturated heterocycles. The molecule has 0 saturated carbocycles. The van der Waals surface area contributed by atoms with Crippen LogP contribution in [0.4, 0.5) is 22.0 Å². The lowest BCUT2D eigenvalue weighted by atomic mass is 10.0. The molecule has 0 aliphatic rings. The van der Waals surface area contributed by atoms with Gasteiger partial charge < -0.3 is 4.74 Å². The largest absolute Gasteiger partial charge is 0.573 e. The van der Waals surface area contributed by atoms with Crippen LogP contribution in [-0.2, 0) is 6.42 Å². The number of hydrogen-bond acceptors (Lipinski definition) is 1. The molecule has 2 aromatic rings. The highest BCUT2D eigenvalue weighted by Crippen LogP contribution is 2.31. The van der Waals surface area contributed by atoms with E-state index in [1.807, 2.05) is 0 Å². The maximum atomic E-state index is 14.4. The van der Waals surface area contributed by atoms with Gasteiger partial charge in [-0.15, -0.1) is 13.2 Å². The van der Waals surface area contributed by atoms with Crippen LogP contribution in [0.15, 0.2) is 48.5 Å². The molecule has 0 unspecified atom stereocenters. The molecule has 0 aromatic heterocycles. The summed E-state index contributed by atoms with van der Waals surface area (Å²) in [5, 5.41) is 0. The molecule has 0 radical (unpaired) electrons. The summed E-state index contributed by atoms with van der Waals surface area (Å²) in [6.07, 6.45) is 1.85. The Balaban J connectivity index is 2.02. The lowest BCUT2D eigenvalue weighted by Gasteiger charge is -2.09. The van der Waals surface area contributed by atoms with Gasteiger partial charge in [-0.2, -0.15) is 0 Å². The highest BCUT2D eigenvalue weighted by atomic mass is 19.4. The van der Waals surface area contributed by atoms with Crippen molar-refractivity contribution >= 4 is 11.7 Å². The van der Waals surface area contributed by atoms with Crippen LogP contribution in [-0.4, -0.2) is 6.36 Å². The average Bonchev–Trinajstić information content (AvgIpc) is 2.66. The van der Waals surface area contributed by atoms with Crippen LogP contribution in [0.1, 0.15) is 55.7 Å². The first kappa shape index (κ1) is 21.9. The maximum absolute atomic E-state index is 14.4. The SMILES string of the molecule is CCCCCCCc1ccc(/C(F)=C(\F)c2ccc(OC(F)(F)F)cc2)cc1. The summed E-state index contributed by atoms with van der Waals surface area (Å²) < 4.78 is 68.9. The first-order chi connectivity index (χ1) is 13.3. The lowest BCUT2D eigenvalue weighted by molar-refractivity contribution is -0.274. The molecule has 0 amide bonds. The second-order valence-electron chi connectivity index (χ2n) is 6.56. The predicted molar refractivity (Wildman–Crippen MR) is 101 cm³/mol. The number of hydrogen-bond donors (Lipinski definition) is 0. The van der Waals surface area contributed by atoms with Gasteiger partial charge >= 0.3 is 6.36 Å². The van der Waals surface area contributed by atoms with E-state index in [0.29, 0.717) is 0 Å². The van der Waals surface area contributed by atoms with E-state index in [-0.39, 0.29) is 11.1 Å². The van der Waals surface area contributed by atoms with Crippen molar-refractivity contribution < 1.29 is 26.7 Å². The van der Waals surface area contributed by atoms with Crippen LogP contribution in [0.5, 0.6) is 5.75 Å². The van der Waals surface area contributed by atoms with Gasteiger partial charge in [-0.1, -0.05) is 56.9 Å². The van der Waals surface area contributed by atoms with Gasteiger partial charge in [0.25, 0.3) is 0 Å². The van der Waals surface area contributed by atoms with Crippen LogP contribution >= 0.6 is 0 Å². The fraction of sp³-hybridized carbons (Fsp3) is 0.364. The van der Waals surface area contributed by atoms with E-state index in [2.05, 4.69) is 11.7 Å². The minimum Gasteiger partial charge on any atom is -0.406 e. The Kier molecular flexibility index (Phi) is 8.03. The first-order valence-electron chi connectivity index (χ1n) is 9.31. The first-order valence-corrected chi connectivity index (χ1v) is 9.31. The molecule has 2 aromatic carbocycles. The van der Waals surface area contributed by atoms with Crippen molar-refractivity contribution in [3.8, 4) is 5.75 Å². The van der Waals surface area contributed by atoms with Crippen molar-refractivity contribution in [2.24, 2.45) is 0 Å². The third-order valence-corrected chi connectivity index (χ3v) is 4.31. The fourth-order valence-electron chi connectivity index (χ4n) is 2.81. The Labute approximate surface area is 161 Å². The summed E-state index contributed by atoms with van der Waals surface area (Å²) in [4.78, 5) is 0. The second-order valence-corrected chi connectivity index (χ2v) is 6.56. The van der Waals surface area contributed by atoms with E-state index < -0.39 is 23.8 Å². The van der Waals surface area contributed by atoms with E-state index in [9.17, 15) is 22.0 Å². The normalized spacial score (nSPS) is 12.6. The average molecular weight is 398 g/mol. The van der Waals surface area contributed by atoms with Gasteiger partial charge in [-0.05, 0) is 42.7 Å². The molecule has 6 heteroatoms. The van der Waals surface area contributed by atoms with Crippen molar-refractivity contribution in [3.05, 3.63) is 65.2 Å². The molecule has 0 N–H and O–H groups in total. The van der Waals surface area contributed by atoms with E-state index in [4.69, 9.17) is 0 Å². The van der Waals surface area contributed by atoms with Crippen molar-refractivity contribution in [3.63, 3.8) is 0 Å². The third kappa shape index (κ3) is 6.98. The molecule has 0 fully saturated rings. The van der Waals surface area contributed by atoms with Crippen LogP contribution in [0.3, 0.4) is 0 Å². The zero-order chi connectivity index (χ0) is 20.6. The molecular formula is C22H23F5O. The van der Waals surface area contributed by atoms with Crippen LogP contribution in [0.2, 0.25) is 0 Å². The lowest BCUT2D eigenvalue weighted by Crippen LogP contribution is -2.16. The fourth-order valence-corrected chi connectivity index (χ4v) is 2.81. The molecule has 0 aliphatic heterocycles. The van der Waals surface area contributed by atoms with E-state index >= 15 is 0 Å². The monoisotopic (exact) mass is 398 g/mol. The Morgan fingerprint density at radius 1 is 0.750 bits per heavy atom. The minimum atomic E-state index is -4.83. The molecule has 2 rings (SSSR count). The number of unbranched alkanes of at least 4 members (excludes halogenated alkanes) is 4. The van der Waals surface area contributed by atoms with Crippen LogP contribution in [0, 0.1) is 0 Å². The van der Waals surface area contributed by atoms with Gasteiger partial charge in [0.05, 0.1) is 0 Å². The molecule has 0 atom stereocenters. The highest BCUT2D eigenvalue weighted by molar-refractivity contribution is 5.83. The van der Waals surface area contributed by atoms with Gasteiger partial charge in [0, 0.05) is 11.1 Å². The Bertz CT molecular complexity index is 761. The van der Waals surface area contributed by atoms with Gasteiger partial charge in [-0.25, -0.2) is 8.78 Å². The topological polar surface area (TPSA) is 9.23 Å². The van der Waals surface area contributed by atoms with Crippen molar-refractivity contribution in [1.82, 2.24) is 0 Å². The summed E-state index contributed by atoms with van der Waals surface area (Å²) in [6, 6.07) is 10.5. The molecule has 0 bridgehead atoms. The maximum Gasteiger partial charge on any atom is 0.573 e. The van der Waals surface area contributed by atoms with Crippen LogP contribution < -0.4 is 4.74 Å². The molecule has 152 valence electrons. The summed E-state index contributed by atoms with van der Waals surface area (Å²) in [6.45, 7) is 2.16. The number of alkyl halides is 3. The van der Waals surface area contributed by atoms with E-state index in [0.717, 1.165) is 49.1 Å². The van der Waals surface area contributed by atoms with Crippen molar-refractivity contribution in [2.75, 3.05) is 0 Å². The Morgan fingerprint density at radius 3 is 1.75 bits per heavy atom. The van der Waals surface area contributed by atoms with Crippen LogP contribution in [0.25, 0.3) is 11.7 Å². The molecule has 28 heavy (non-hydrogen) atoms. The summed E-state index contributed by atoms with van der Waals surface area (Å²) in [5.74, 6) is -2.68. The minimum absolute atomic E-state index is 0.0860. The van der Waals surface area contributed by atoms with E-state index in [1.54, 1.807) is 12.1 Å². The van der Waals surface area contributed by atoms with Gasteiger partial charge in [0.2, 0.25) is 0 Å². The zero-order valence-electron chi connectivity index (χ0n) is 15.7. The number of rotatable bonds is 9. The molecular weight excluding hydrogens is 375 g/mol. The van der Waals surface area contributed by atoms with Crippen molar-refractivity contribution in [1.29, 1.82) is 0 Å². The highest BCUT2D eigenvalue weighted by Gasteiger charge is 2.31. The van der Waals surface area contributed by atoms with Gasteiger partial charge in [0.15, 0.2) is 11.7 Å². The molecule has 0 heterocycles. The Morgan fingerprint density at radius 2 is 1.25 bits per heavy atom. The predicted octanol–water partition coefficient (Wildman–Crippen LogP) is 7.86. The smallest absolute Gasteiger partial charge is 0.406 e. The Hall–Kier alpha value is -2.37. The zero-order valence-corrected chi connectivity index (χ0v) is 15.7. The van der Waals surface area contributed by atoms with Gasteiger partial charge in [-0.3, -0.25) is 0 Å². The number of ether oxygens (including phenoxy) is 1. The number of halogens is 5. The quantitative estimate of drug-likeness (QED) is 0.237. The summed E-state index contributed by atoms with van der Waals surface area (Å²) in [5.41, 5.74) is 0.983. The van der Waals surface area contributed by atoms with Gasteiger partial charge in [0.1, 0.15) is 5.75 Å². The van der Waals surface area contributed by atoms with Crippen molar-refractivity contribution in [2.45, 2.75) is 51.8 Å². The molecule has 1 nitrogen and oxygen atoms in total. The standard InChI is InChI=1S/C22H23F5O/c1-2-3-4-5-6-7-16-8-10-17(11-9-16)20(23)21(24)18-12-14-19(15-13-18)28-22(25,26)27/h8-15H,2-7H2,1H3/b21-20+. The second kappa shape index (κ2) is 10.2. The summed E-state index contributed by atoms with van der Waals surface area (Å²) in [7, 11) is 0. The number of benzene rings is 2. The molecule has 0 aliphatic carbocycles. The number of aryl methyl sites for hydroxylation is 1. The third-order valence-electron chi connectivity index (χ3n) is 4.31. The summed E-state index contributed by atoms with van der Waals surface area (Å²) >= 11 is 0. The van der Waals surface area contributed by atoms with E-state index in [1.165, 1.54) is 31.4 Å². The molecule has 0 spiro atoms.